The number of carbonyl (C=O) groups excluding carboxylic acids is 2. The first-order chi connectivity index (χ1) is 25.8. The fourth-order valence-corrected chi connectivity index (χ4v) is 13.1. The van der Waals surface area contributed by atoms with Gasteiger partial charge >= 0.3 is 0 Å². The van der Waals surface area contributed by atoms with E-state index in [1.165, 1.54) is 27.8 Å². The van der Waals surface area contributed by atoms with Gasteiger partial charge in [0.25, 0.3) is 21.8 Å². The van der Waals surface area contributed by atoms with Crippen molar-refractivity contribution >= 4 is 56.6 Å². The lowest BCUT2D eigenvalue weighted by Crippen LogP contribution is -2.70. The van der Waals surface area contributed by atoms with Crippen molar-refractivity contribution in [3.8, 4) is 0 Å². The number of sulfonamides is 1. The first-order valence-electron chi connectivity index (χ1n) is 17.7. The van der Waals surface area contributed by atoms with Crippen molar-refractivity contribution in [2.24, 2.45) is 0 Å². The van der Waals surface area contributed by atoms with Gasteiger partial charge < -0.3 is 4.90 Å². The topological polar surface area (TPSA) is 78.0 Å². The molecule has 3 aliphatic heterocycles. The number of rotatable bonds is 9. The van der Waals surface area contributed by atoms with Crippen LogP contribution in [0.5, 0.6) is 0 Å². The number of para-hydroxylation sites is 1. The number of thioether (sulfide) groups is 2. The maximum atomic E-state index is 15.6. The minimum absolute atomic E-state index is 0. The van der Waals surface area contributed by atoms with E-state index in [-0.39, 0.29) is 149 Å². The van der Waals surface area contributed by atoms with E-state index in [4.69, 9.17) is 0 Å². The summed E-state index contributed by atoms with van der Waals surface area (Å²) >= 11 is 2.83. The van der Waals surface area contributed by atoms with Crippen molar-refractivity contribution in [2.75, 3.05) is 11.4 Å². The lowest BCUT2D eigenvalue weighted by molar-refractivity contribution is -0.157. The Bertz CT molecular complexity index is 2380. The van der Waals surface area contributed by atoms with Gasteiger partial charge in [-0.1, -0.05) is 254 Å². The number of carbonyl (C=O) groups is 2. The second-order valence-corrected chi connectivity index (χ2v) is 18.1. The van der Waals surface area contributed by atoms with Crippen LogP contribution in [0.25, 0.3) is 5.57 Å². The highest BCUT2D eigenvalue weighted by Crippen LogP contribution is 2.68. The van der Waals surface area contributed by atoms with E-state index < -0.39 is 31.8 Å². The van der Waals surface area contributed by atoms with Crippen LogP contribution < -0.4 is 4.31 Å². The van der Waals surface area contributed by atoms with Crippen molar-refractivity contribution in [1.29, 1.82) is 0 Å². The molecule has 7 nitrogen and oxygen atoms in total. The predicted octanol–water partition coefficient (Wildman–Crippen LogP) is 18.5. The molecule has 4 atom stereocenters. The normalized spacial score (nSPS) is 18.5. The highest BCUT2D eigenvalue weighted by Gasteiger charge is 2.75. The molecule has 10 heteroatoms. The van der Waals surface area contributed by atoms with Crippen LogP contribution >= 0.6 is 23.5 Å². The van der Waals surface area contributed by atoms with Crippen LogP contribution in [-0.4, -0.2) is 53.5 Å². The molecule has 0 radical (unpaired) electrons. The van der Waals surface area contributed by atoms with Crippen molar-refractivity contribution in [1.82, 2.24) is 9.80 Å². The first-order valence-corrected chi connectivity index (χ1v) is 21.2. The van der Waals surface area contributed by atoms with Gasteiger partial charge in [-0.2, -0.15) is 0 Å². The molecule has 2 fully saturated rings. The molecule has 0 bridgehead atoms. The molecule has 5 aromatic carbocycles. The third kappa shape index (κ3) is 13.0. The number of nitrogens with zero attached hydrogens (tertiary/aromatic N) is 3. The summed E-state index contributed by atoms with van der Waals surface area (Å²) in [6.45, 7) is 0. The Hall–Kier alpha value is -4.77. The minimum Gasteiger partial charge on any atom is -0.322 e. The number of hydrogen-bond donors (Lipinski definition) is 0. The first kappa shape index (κ1) is 85.1. The zero-order valence-corrected chi connectivity index (χ0v) is 31.5. The number of allylic oxidation sites excluding steroid dienone is 1. The number of piperazine rings is 1. The molecule has 2 amide bonds. The monoisotopic (exact) mass is 1030 g/mol. The lowest BCUT2D eigenvalue weighted by Gasteiger charge is -2.50. The molecule has 0 saturated carbocycles. The van der Waals surface area contributed by atoms with Crippen molar-refractivity contribution in [3.05, 3.63) is 173 Å². The van der Waals surface area contributed by atoms with E-state index in [1.54, 1.807) is 47.2 Å². The molecule has 0 unspecified atom stereocenters. The second-order valence-electron chi connectivity index (χ2n) is 14.0. The van der Waals surface area contributed by atoms with E-state index in [0.717, 1.165) is 33.4 Å². The Kier molecular flexibility index (Phi) is 40.1. The van der Waals surface area contributed by atoms with Gasteiger partial charge in [-0.05, 0) is 58.0 Å². The van der Waals surface area contributed by atoms with Crippen molar-refractivity contribution in [3.63, 3.8) is 0 Å². The SMILES string of the molecule is C.C.C.C.C.C.C.C.C.C.C.C.C.C.C.C.C.CN1C(=O)[C@@]2(SCc3ccccc3)C[C@]3(C4=CCc5ccccc54)c4ccccc4N(S(=O)(=O)c4ccccc4)[C@@H]3N2C(=O)[C@@H]1SCc1ccccc1. The van der Waals surface area contributed by atoms with Gasteiger partial charge in [0.15, 0.2) is 10.2 Å². The minimum atomic E-state index is -4.25. The largest absolute Gasteiger partial charge is 0.322 e. The Morgan fingerprint density at radius 2 is 1.03 bits per heavy atom. The average molecular weight is 1030 g/mol. The molecule has 0 spiro atoms. The summed E-state index contributed by atoms with van der Waals surface area (Å²) in [5.41, 5.74) is 5.45. The summed E-state index contributed by atoms with van der Waals surface area (Å²) in [5.74, 6) is 0.498. The van der Waals surface area contributed by atoms with Crippen molar-refractivity contribution < 1.29 is 18.0 Å². The fraction of sp³-hybridized carbons (Fsp3) is 0.433. The van der Waals surface area contributed by atoms with Gasteiger partial charge in [0.1, 0.15) is 6.17 Å². The van der Waals surface area contributed by atoms with Crippen LogP contribution in [0, 0.1) is 0 Å². The van der Waals surface area contributed by atoms with Crippen LogP contribution in [0.3, 0.4) is 0 Å². The summed E-state index contributed by atoms with van der Waals surface area (Å²) in [6.07, 6.45) is 2.04. The highest BCUT2D eigenvalue weighted by atomic mass is 32.2. The average Bonchev–Trinajstić information content (AvgIpc) is 3.85. The van der Waals surface area contributed by atoms with Gasteiger partial charge in [0.2, 0.25) is 0 Å². The number of hydrogen-bond acceptors (Lipinski definition) is 6. The molecule has 1 aliphatic carbocycles. The maximum Gasteiger partial charge on any atom is 0.266 e. The summed E-state index contributed by atoms with van der Waals surface area (Å²) in [7, 11) is -2.53. The smallest absolute Gasteiger partial charge is 0.266 e. The summed E-state index contributed by atoms with van der Waals surface area (Å²) in [5, 5.41) is -0.862. The van der Waals surface area contributed by atoms with Gasteiger partial charge in [-0.3, -0.25) is 14.5 Å². The highest BCUT2D eigenvalue weighted by molar-refractivity contribution is 8.01. The van der Waals surface area contributed by atoms with E-state index in [9.17, 15) is 0 Å². The Labute approximate surface area is 444 Å². The van der Waals surface area contributed by atoms with E-state index >= 15 is 18.0 Å². The van der Waals surface area contributed by atoms with Crippen molar-refractivity contribution in [2.45, 2.75) is 177 Å². The lowest BCUT2D eigenvalue weighted by atomic mass is 9.70. The Morgan fingerprint density at radius 1 is 0.571 bits per heavy atom. The molecule has 5 aromatic rings. The summed E-state index contributed by atoms with van der Waals surface area (Å²) in [6, 6.07) is 44.1. The molecule has 3 heterocycles. The molecule has 9 rings (SSSR count). The molecule has 4 aliphatic rings. The quantitative estimate of drug-likeness (QED) is 0.146. The van der Waals surface area contributed by atoms with Gasteiger partial charge in [-0.25, -0.2) is 12.7 Å². The molecule has 0 N–H and O–H groups in total. The van der Waals surface area contributed by atoms with Crippen LogP contribution in [-0.2, 0) is 43.0 Å². The zero-order chi connectivity index (χ0) is 36.4. The zero-order valence-electron chi connectivity index (χ0n) is 29.0. The molecule has 0 aromatic heterocycles. The summed E-state index contributed by atoms with van der Waals surface area (Å²) in [4.78, 5) is 33.0. The number of amides is 2. The van der Waals surface area contributed by atoms with Gasteiger partial charge in [0, 0.05) is 25.0 Å². The fourth-order valence-electron chi connectivity index (χ4n) is 8.77. The standard InChI is InChI=1S/C43H37N3O4S3.17CH4/c1-44-39(51-27-30-15-5-2-6-16-30)38(47)45-40-42(35-26-25-32-19-11-12-22-34(32)35,29-43(45,41(44)48)52-28-31-17-7-3-8-18-31)36-23-13-14-24-37(36)46(40)53(49,50)33-20-9-4-10-21-33;;;;;;;;;;;;;;;;;/h2-24,26,39-40H,25,27-29H2,1H3;17*1H4/t39-,40-,42-,43-;;;;;;;;;;;;;;;;;/m0................./s1. The predicted molar refractivity (Wildman–Crippen MR) is 327 cm³/mol. The molecular formula is C60H105N3O4S3. The van der Waals surface area contributed by atoms with Crippen LogP contribution in [0.1, 0.15) is 160 Å². The molecule has 2 saturated heterocycles. The van der Waals surface area contributed by atoms with Crippen LogP contribution in [0.2, 0.25) is 0 Å². The van der Waals surface area contributed by atoms with Gasteiger partial charge in [0.05, 0.1) is 16.0 Å². The molecular weight excluding hydrogens is 923 g/mol. The Balaban J connectivity index is -0.000000313. The van der Waals surface area contributed by atoms with E-state index in [2.05, 4.69) is 18.2 Å². The number of anilines is 1. The van der Waals surface area contributed by atoms with E-state index in [0.29, 0.717) is 23.6 Å². The number of fused-ring (bicyclic) bond motifs is 6. The van der Waals surface area contributed by atoms with Crippen LogP contribution in [0.15, 0.2) is 150 Å². The van der Waals surface area contributed by atoms with Crippen LogP contribution in [0.4, 0.5) is 5.69 Å². The maximum absolute atomic E-state index is 15.6. The second kappa shape index (κ2) is 33.0. The Morgan fingerprint density at radius 3 is 1.57 bits per heavy atom. The molecule has 70 heavy (non-hydrogen) atoms. The third-order valence-electron chi connectivity index (χ3n) is 11.1. The molecule has 402 valence electrons. The van der Waals surface area contributed by atoms with E-state index in [1.807, 2.05) is 97.1 Å². The third-order valence-corrected chi connectivity index (χ3v) is 15.7. The number of benzene rings is 5. The number of likely N-dealkylation sites (N-methyl/N-ethyl adjacent to an activating group) is 1. The van der Waals surface area contributed by atoms with Gasteiger partial charge in [-0.15, -0.1) is 23.5 Å². The summed E-state index contributed by atoms with van der Waals surface area (Å²) < 4.78 is 31.9.